The topological polar surface area (TPSA) is 53.3 Å². The Morgan fingerprint density at radius 1 is 1.00 bits per heavy atom. The van der Waals surface area contributed by atoms with E-state index < -0.39 is 0 Å². The zero-order chi connectivity index (χ0) is 16.5. The molecule has 3 aromatic carbocycles. The van der Waals surface area contributed by atoms with E-state index in [-0.39, 0.29) is 5.91 Å². The van der Waals surface area contributed by atoms with Crippen molar-refractivity contribution in [3.63, 3.8) is 0 Å². The molecule has 0 N–H and O–H groups in total. The van der Waals surface area contributed by atoms with E-state index in [0.29, 0.717) is 24.5 Å². The standard InChI is InChI=1S/C20H14N2O2/c21-13-14-7-9-16(10-8-14)24-12-11-22-18-6-2-4-15-3-1-5-17(19(15)18)20(22)23/h1-10H,11-12H2. The van der Waals surface area contributed by atoms with Crippen molar-refractivity contribution < 1.29 is 9.53 Å². The number of nitriles is 1. The predicted octanol–water partition coefficient (Wildman–Crippen LogP) is 3.75. The van der Waals surface area contributed by atoms with Gasteiger partial charge in [-0.15, -0.1) is 0 Å². The first-order chi connectivity index (χ1) is 11.8. The Kier molecular flexibility index (Phi) is 3.40. The summed E-state index contributed by atoms with van der Waals surface area (Å²) in [5.74, 6) is 0.710. The van der Waals surface area contributed by atoms with Crippen LogP contribution in [0.2, 0.25) is 0 Å². The summed E-state index contributed by atoms with van der Waals surface area (Å²) in [5, 5.41) is 10.9. The van der Waals surface area contributed by atoms with E-state index >= 15 is 0 Å². The zero-order valence-corrected chi connectivity index (χ0v) is 12.9. The van der Waals surface area contributed by atoms with Crippen LogP contribution in [0.3, 0.4) is 0 Å². The second-order valence-corrected chi connectivity index (χ2v) is 5.62. The Bertz CT molecular complexity index is 966. The number of amides is 1. The number of carbonyl (C=O) groups is 1. The molecule has 4 rings (SSSR count). The van der Waals surface area contributed by atoms with Crippen LogP contribution in [0, 0.1) is 11.3 Å². The Hall–Kier alpha value is -3.32. The first kappa shape index (κ1) is 14.3. The number of nitrogens with zero attached hydrogens (tertiary/aromatic N) is 2. The van der Waals surface area contributed by atoms with E-state index in [1.165, 1.54) is 0 Å². The molecule has 1 heterocycles. The van der Waals surface area contributed by atoms with Crippen molar-refractivity contribution in [2.45, 2.75) is 0 Å². The molecular formula is C20H14N2O2. The lowest BCUT2D eigenvalue weighted by Crippen LogP contribution is -2.31. The van der Waals surface area contributed by atoms with Crippen LogP contribution < -0.4 is 9.64 Å². The number of carbonyl (C=O) groups excluding carboxylic acids is 1. The molecule has 0 saturated carbocycles. The van der Waals surface area contributed by atoms with Gasteiger partial charge in [-0.05, 0) is 41.8 Å². The van der Waals surface area contributed by atoms with Crippen molar-refractivity contribution >= 4 is 22.4 Å². The highest BCUT2D eigenvalue weighted by molar-refractivity contribution is 6.24. The van der Waals surface area contributed by atoms with Crippen LogP contribution in [0.4, 0.5) is 5.69 Å². The van der Waals surface area contributed by atoms with E-state index in [1.807, 2.05) is 36.4 Å². The maximum atomic E-state index is 12.6. The first-order valence-corrected chi connectivity index (χ1v) is 7.74. The molecule has 116 valence electrons. The van der Waals surface area contributed by atoms with Gasteiger partial charge in [0.25, 0.3) is 5.91 Å². The van der Waals surface area contributed by atoms with Gasteiger partial charge in [-0.1, -0.05) is 24.3 Å². The SMILES string of the molecule is N#Cc1ccc(OCCN2C(=O)c3cccc4cccc2c34)cc1. The highest BCUT2D eigenvalue weighted by atomic mass is 16.5. The highest BCUT2D eigenvalue weighted by Crippen LogP contribution is 2.36. The molecule has 0 bridgehead atoms. The normalized spacial score (nSPS) is 12.5. The van der Waals surface area contributed by atoms with Crippen LogP contribution in [0.15, 0.2) is 60.7 Å². The van der Waals surface area contributed by atoms with Gasteiger partial charge in [0.1, 0.15) is 12.4 Å². The van der Waals surface area contributed by atoms with Gasteiger partial charge in [-0.3, -0.25) is 4.79 Å². The summed E-state index contributed by atoms with van der Waals surface area (Å²) < 4.78 is 5.71. The molecule has 0 spiro atoms. The third-order valence-electron chi connectivity index (χ3n) is 4.22. The van der Waals surface area contributed by atoms with Gasteiger partial charge in [0.15, 0.2) is 0 Å². The predicted molar refractivity (Wildman–Crippen MR) is 92.3 cm³/mol. The fraction of sp³-hybridized carbons (Fsp3) is 0.100. The smallest absolute Gasteiger partial charge is 0.259 e. The Morgan fingerprint density at radius 2 is 1.75 bits per heavy atom. The molecule has 1 aliphatic rings. The van der Waals surface area contributed by atoms with E-state index in [4.69, 9.17) is 10.00 Å². The van der Waals surface area contributed by atoms with Crippen LogP contribution in [0.5, 0.6) is 5.75 Å². The lowest BCUT2D eigenvalue weighted by atomic mass is 10.1. The lowest BCUT2D eigenvalue weighted by Gasteiger charge is -2.18. The Labute approximate surface area is 139 Å². The molecule has 0 fully saturated rings. The van der Waals surface area contributed by atoms with E-state index in [9.17, 15) is 4.79 Å². The number of ether oxygens (including phenoxy) is 1. The summed E-state index contributed by atoms with van der Waals surface area (Å²) in [7, 11) is 0. The fourth-order valence-electron chi connectivity index (χ4n) is 3.08. The van der Waals surface area contributed by atoms with Crippen molar-refractivity contribution in [2.75, 3.05) is 18.1 Å². The first-order valence-electron chi connectivity index (χ1n) is 7.74. The highest BCUT2D eigenvalue weighted by Gasteiger charge is 2.29. The van der Waals surface area contributed by atoms with E-state index in [1.54, 1.807) is 29.2 Å². The minimum absolute atomic E-state index is 0.0187. The second kappa shape index (κ2) is 5.71. The minimum atomic E-state index is 0.0187. The zero-order valence-electron chi connectivity index (χ0n) is 12.9. The van der Waals surface area contributed by atoms with Crippen LogP contribution in [-0.4, -0.2) is 19.1 Å². The van der Waals surface area contributed by atoms with Gasteiger partial charge < -0.3 is 9.64 Å². The van der Waals surface area contributed by atoms with Crippen molar-refractivity contribution in [1.29, 1.82) is 5.26 Å². The van der Waals surface area contributed by atoms with Crippen molar-refractivity contribution in [3.8, 4) is 11.8 Å². The van der Waals surface area contributed by atoms with Crippen LogP contribution >= 0.6 is 0 Å². The Morgan fingerprint density at radius 3 is 2.50 bits per heavy atom. The molecule has 4 nitrogen and oxygen atoms in total. The van der Waals surface area contributed by atoms with Crippen LogP contribution in [0.1, 0.15) is 15.9 Å². The average Bonchev–Trinajstić information content (AvgIpc) is 2.90. The number of anilines is 1. The molecule has 1 aliphatic heterocycles. The van der Waals surface area contributed by atoms with E-state index in [0.717, 1.165) is 22.0 Å². The van der Waals surface area contributed by atoms with Gasteiger partial charge in [-0.2, -0.15) is 5.26 Å². The lowest BCUT2D eigenvalue weighted by molar-refractivity contribution is 0.0989. The second-order valence-electron chi connectivity index (χ2n) is 5.62. The van der Waals surface area contributed by atoms with Gasteiger partial charge in [0.05, 0.1) is 23.9 Å². The van der Waals surface area contributed by atoms with E-state index in [2.05, 4.69) is 6.07 Å². The number of hydrogen-bond donors (Lipinski definition) is 0. The minimum Gasteiger partial charge on any atom is -0.492 e. The summed E-state index contributed by atoms with van der Waals surface area (Å²) in [6, 6.07) is 20.8. The third kappa shape index (κ3) is 2.27. The summed E-state index contributed by atoms with van der Waals surface area (Å²) in [6.45, 7) is 0.870. The van der Waals surface area contributed by atoms with Gasteiger partial charge in [0, 0.05) is 10.9 Å². The molecule has 24 heavy (non-hydrogen) atoms. The van der Waals surface area contributed by atoms with Crippen molar-refractivity contribution in [3.05, 3.63) is 71.8 Å². The summed E-state index contributed by atoms with van der Waals surface area (Å²) in [6.07, 6.45) is 0. The Balaban J connectivity index is 1.51. The maximum Gasteiger partial charge on any atom is 0.259 e. The maximum absolute atomic E-state index is 12.6. The summed E-state index contributed by atoms with van der Waals surface area (Å²) in [4.78, 5) is 14.4. The molecule has 1 amide bonds. The number of benzene rings is 3. The monoisotopic (exact) mass is 314 g/mol. The molecule has 3 aromatic rings. The molecule has 4 heteroatoms. The fourth-order valence-corrected chi connectivity index (χ4v) is 3.08. The third-order valence-corrected chi connectivity index (χ3v) is 4.22. The molecule has 0 unspecified atom stereocenters. The van der Waals surface area contributed by atoms with Crippen LogP contribution in [0.25, 0.3) is 10.8 Å². The van der Waals surface area contributed by atoms with Gasteiger partial charge in [0.2, 0.25) is 0 Å². The molecule has 0 atom stereocenters. The summed E-state index contributed by atoms with van der Waals surface area (Å²) >= 11 is 0. The molecule has 0 aromatic heterocycles. The van der Waals surface area contributed by atoms with Crippen molar-refractivity contribution in [1.82, 2.24) is 0 Å². The van der Waals surface area contributed by atoms with Gasteiger partial charge >= 0.3 is 0 Å². The van der Waals surface area contributed by atoms with Gasteiger partial charge in [-0.25, -0.2) is 0 Å². The number of hydrogen-bond acceptors (Lipinski definition) is 3. The molecule has 0 saturated heterocycles. The largest absolute Gasteiger partial charge is 0.492 e. The molecular weight excluding hydrogens is 300 g/mol. The van der Waals surface area contributed by atoms with Crippen molar-refractivity contribution in [2.24, 2.45) is 0 Å². The molecule has 0 aliphatic carbocycles. The van der Waals surface area contributed by atoms with Crippen LogP contribution in [-0.2, 0) is 0 Å². The molecule has 0 radical (unpaired) electrons. The summed E-state index contributed by atoms with van der Waals surface area (Å²) in [5.41, 5.74) is 2.29. The number of rotatable bonds is 4. The average molecular weight is 314 g/mol. The quantitative estimate of drug-likeness (QED) is 0.737.